The highest BCUT2D eigenvalue weighted by Crippen LogP contribution is 2.32. The number of halogens is 1. The average Bonchev–Trinajstić information content (AvgIpc) is 2.48. The molecule has 0 spiro atoms. The van der Waals surface area contributed by atoms with E-state index in [1.807, 2.05) is 0 Å². The fourth-order valence-corrected chi connectivity index (χ4v) is 2.93. The molecule has 0 fully saturated rings. The van der Waals surface area contributed by atoms with Gasteiger partial charge in [-0.1, -0.05) is 72.2 Å². The maximum atomic E-state index is 3.83. The molecule has 20 heavy (non-hydrogen) atoms. The zero-order chi connectivity index (χ0) is 14.7. The Bertz CT molecular complexity index is 569. The van der Waals surface area contributed by atoms with Crippen LogP contribution in [0.1, 0.15) is 58.8 Å². The summed E-state index contributed by atoms with van der Waals surface area (Å²) in [4.78, 5) is 0.271. The summed E-state index contributed by atoms with van der Waals surface area (Å²) in [5, 5.41) is 0. The summed E-state index contributed by atoms with van der Waals surface area (Å²) >= 11 is 3.83. The molecule has 2 aromatic rings. The molecule has 2 atom stereocenters. The molecular weight excluding hydrogens is 308 g/mol. The van der Waals surface area contributed by atoms with Gasteiger partial charge in [0.25, 0.3) is 0 Å². The van der Waals surface area contributed by atoms with Gasteiger partial charge >= 0.3 is 0 Å². The van der Waals surface area contributed by atoms with E-state index in [1.165, 1.54) is 34.2 Å². The number of rotatable bonds is 4. The summed E-state index contributed by atoms with van der Waals surface area (Å²) < 4.78 is 0. The Balaban J connectivity index is 2.24. The Morgan fingerprint density at radius 2 is 1.40 bits per heavy atom. The third-order valence-corrected chi connectivity index (χ3v) is 5.29. The monoisotopic (exact) mass is 330 g/mol. The second kappa shape index (κ2) is 6.58. The van der Waals surface area contributed by atoms with Crippen molar-refractivity contribution in [2.75, 3.05) is 0 Å². The van der Waals surface area contributed by atoms with Crippen molar-refractivity contribution >= 4 is 15.9 Å². The molecule has 2 unspecified atom stereocenters. The molecular formula is C19H23Br. The fraction of sp³-hybridized carbons (Fsp3) is 0.368. The molecule has 2 rings (SSSR count). The van der Waals surface area contributed by atoms with Crippen LogP contribution >= 0.6 is 15.9 Å². The second-order valence-corrected chi connectivity index (χ2v) is 6.60. The van der Waals surface area contributed by atoms with E-state index in [0.717, 1.165) is 0 Å². The SMILES string of the molecule is CCC(C)c1ccc(C(Br)c2ccc(C)c(C)c2)cc1. The molecule has 0 saturated carbocycles. The predicted octanol–water partition coefficient (Wildman–Crippen LogP) is 6.30. The third-order valence-electron chi connectivity index (χ3n) is 4.23. The van der Waals surface area contributed by atoms with E-state index in [4.69, 9.17) is 0 Å². The summed E-state index contributed by atoms with van der Waals surface area (Å²) in [6.45, 7) is 8.85. The summed E-state index contributed by atoms with van der Waals surface area (Å²) in [5.41, 5.74) is 6.77. The molecule has 0 N–H and O–H groups in total. The van der Waals surface area contributed by atoms with E-state index in [-0.39, 0.29) is 4.83 Å². The van der Waals surface area contributed by atoms with Gasteiger partial charge < -0.3 is 0 Å². The van der Waals surface area contributed by atoms with Gasteiger partial charge in [0.2, 0.25) is 0 Å². The van der Waals surface area contributed by atoms with Crippen LogP contribution in [0.3, 0.4) is 0 Å². The van der Waals surface area contributed by atoms with E-state index >= 15 is 0 Å². The smallest absolute Gasteiger partial charge is 0.0644 e. The molecule has 0 aliphatic heterocycles. The van der Waals surface area contributed by atoms with Crippen molar-refractivity contribution in [3.63, 3.8) is 0 Å². The third kappa shape index (κ3) is 3.32. The van der Waals surface area contributed by atoms with Crippen LogP contribution in [-0.2, 0) is 0 Å². The van der Waals surface area contributed by atoms with Crippen molar-refractivity contribution < 1.29 is 0 Å². The molecule has 0 heterocycles. The first kappa shape index (κ1) is 15.3. The molecule has 0 nitrogen and oxygen atoms in total. The minimum atomic E-state index is 0.271. The van der Waals surface area contributed by atoms with Gasteiger partial charge in [-0.15, -0.1) is 0 Å². The lowest BCUT2D eigenvalue weighted by Crippen LogP contribution is -1.96. The van der Waals surface area contributed by atoms with Crippen LogP contribution in [0.2, 0.25) is 0 Å². The zero-order valence-electron chi connectivity index (χ0n) is 12.8. The molecule has 0 aliphatic carbocycles. The molecule has 0 radical (unpaired) electrons. The molecule has 0 aromatic heterocycles. The highest BCUT2D eigenvalue weighted by molar-refractivity contribution is 9.09. The van der Waals surface area contributed by atoms with Gasteiger partial charge in [-0.05, 0) is 54.0 Å². The van der Waals surface area contributed by atoms with Crippen molar-refractivity contribution in [1.82, 2.24) is 0 Å². The molecule has 106 valence electrons. The Kier molecular flexibility index (Phi) is 5.04. The molecule has 0 aliphatic rings. The van der Waals surface area contributed by atoms with Crippen LogP contribution in [0, 0.1) is 13.8 Å². The van der Waals surface area contributed by atoms with Crippen molar-refractivity contribution in [1.29, 1.82) is 0 Å². The molecule has 0 amide bonds. The Morgan fingerprint density at radius 3 is 1.95 bits per heavy atom. The van der Waals surface area contributed by atoms with Gasteiger partial charge in [-0.25, -0.2) is 0 Å². The summed E-state index contributed by atoms with van der Waals surface area (Å²) in [6, 6.07) is 15.7. The first-order valence-electron chi connectivity index (χ1n) is 7.34. The number of benzene rings is 2. The Labute approximate surface area is 131 Å². The number of hydrogen-bond donors (Lipinski definition) is 0. The number of aryl methyl sites for hydroxylation is 2. The quantitative estimate of drug-likeness (QED) is 0.577. The highest BCUT2D eigenvalue weighted by Gasteiger charge is 2.11. The van der Waals surface area contributed by atoms with Gasteiger partial charge in [0.1, 0.15) is 0 Å². The number of hydrogen-bond acceptors (Lipinski definition) is 0. The van der Waals surface area contributed by atoms with E-state index in [2.05, 4.69) is 86.1 Å². The summed E-state index contributed by atoms with van der Waals surface area (Å²) in [6.07, 6.45) is 1.19. The largest absolute Gasteiger partial charge is 0.0786 e. The second-order valence-electron chi connectivity index (χ2n) is 5.68. The van der Waals surface area contributed by atoms with Crippen LogP contribution in [0.25, 0.3) is 0 Å². The van der Waals surface area contributed by atoms with E-state index in [9.17, 15) is 0 Å². The Morgan fingerprint density at radius 1 is 0.850 bits per heavy atom. The molecule has 2 aromatic carbocycles. The van der Waals surface area contributed by atoms with Gasteiger partial charge in [0.15, 0.2) is 0 Å². The lowest BCUT2D eigenvalue weighted by atomic mass is 9.95. The van der Waals surface area contributed by atoms with Gasteiger partial charge in [-0.3, -0.25) is 0 Å². The van der Waals surface area contributed by atoms with Crippen LogP contribution < -0.4 is 0 Å². The van der Waals surface area contributed by atoms with E-state index < -0.39 is 0 Å². The van der Waals surface area contributed by atoms with Gasteiger partial charge in [0, 0.05) is 0 Å². The normalized spacial score (nSPS) is 14.1. The van der Waals surface area contributed by atoms with Crippen LogP contribution in [0.15, 0.2) is 42.5 Å². The van der Waals surface area contributed by atoms with Crippen LogP contribution in [-0.4, -0.2) is 0 Å². The first-order valence-corrected chi connectivity index (χ1v) is 8.25. The maximum absolute atomic E-state index is 3.83. The fourth-order valence-electron chi connectivity index (χ4n) is 2.34. The Hall–Kier alpha value is -1.08. The highest BCUT2D eigenvalue weighted by atomic mass is 79.9. The van der Waals surface area contributed by atoms with Gasteiger partial charge in [0.05, 0.1) is 4.83 Å². The van der Waals surface area contributed by atoms with Crippen molar-refractivity contribution in [2.45, 2.75) is 44.9 Å². The maximum Gasteiger partial charge on any atom is 0.0644 e. The predicted molar refractivity (Wildman–Crippen MR) is 91.8 cm³/mol. The van der Waals surface area contributed by atoms with E-state index in [1.54, 1.807) is 0 Å². The standard InChI is InChI=1S/C19H23Br/c1-5-13(2)16-8-10-17(11-9-16)19(20)18-7-6-14(3)15(4)12-18/h6-13,19H,5H2,1-4H3. The lowest BCUT2D eigenvalue weighted by molar-refractivity contribution is 0.733. The lowest BCUT2D eigenvalue weighted by Gasteiger charge is -2.15. The summed E-state index contributed by atoms with van der Waals surface area (Å²) in [7, 11) is 0. The van der Waals surface area contributed by atoms with Crippen LogP contribution in [0.5, 0.6) is 0 Å². The molecule has 0 saturated heterocycles. The topological polar surface area (TPSA) is 0 Å². The van der Waals surface area contributed by atoms with Crippen molar-refractivity contribution in [2.24, 2.45) is 0 Å². The average molecular weight is 331 g/mol. The van der Waals surface area contributed by atoms with Crippen LogP contribution in [0.4, 0.5) is 0 Å². The number of alkyl halides is 1. The van der Waals surface area contributed by atoms with E-state index in [0.29, 0.717) is 5.92 Å². The van der Waals surface area contributed by atoms with Crippen molar-refractivity contribution in [3.05, 3.63) is 70.3 Å². The van der Waals surface area contributed by atoms with Crippen molar-refractivity contribution in [3.8, 4) is 0 Å². The first-order chi connectivity index (χ1) is 9.52. The summed E-state index contributed by atoms with van der Waals surface area (Å²) in [5.74, 6) is 0.638. The minimum absolute atomic E-state index is 0.271. The molecule has 1 heteroatoms. The zero-order valence-corrected chi connectivity index (χ0v) is 14.4. The minimum Gasteiger partial charge on any atom is -0.0786 e. The van der Waals surface area contributed by atoms with Gasteiger partial charge in [-0.2, -0.15) is 0 Å². The molecule has 0 bridgehead atoms.